The Labute approximate surface area is 162 Å². The van der Waals surface area contributed by atoms with Crippen LogP contribution in [-0.4, -0.2) is 65.6 Å². The zero-order valence-corrected chi connectivity index (χ0v) is 18.6. The topological polar surface area (TPSA) is 105 Å². The van der Waals surface area contributed by atoms with Crippen LogP contribution in [0.5, 0.6) is 11.5 Å². The van der Waals surface area contributed by atoms with Crippen LogP contribution in [-0.2, 0) is 26.1 Å². The van der Waals surface area contributed by atoms with Crippen molar-refractivity contribution < 1.29 is 27.9 Å². The fourth-order valence-electron chi connectivity index (χ4n) is 2.33. The number of nitrogens with one attached hydrogen (secondary N) is 1. The summed E-state index contributed by atoms with van der Waals surface area (Å²) in [6, 6.07) is 4.00. The number of likely N-dealkylation sites (N-methyl/N-ethyl adjacent to an activating group) is 1. The van der Waals surface area contributed by atoms with E-state index in [0.717, 1.165) is 5.06 Å². The van der Waals surface area contributed by atoms with Crippen LogP contribution in [0.4, 0.5) is 0 Å². The highest BCUT2D eigenvalue weighted by atomic mass is 32.2. The Hall–Kier alpha value is -1.62. The first kappa shape index (κ1) is 23.4. The van der Waals surface area contributed by atoms with Gasteiger partial charge in [-0.15, -0.1) is 0 Å². The minimum atomic E-state index is -3.66. The minimum absolute atomic E-state index is 0.0169. The minimum Gasteiger partial charge on any atom is -0.508 e. The first-order valence-electron chi connectivity index (χ1n) is 8.56. The molecule has 1 unspecified atom stereocenters. The second-order valence-electron chi connectivity index (χ2n) is 7.52. The molecule has 0 aromatic heterocycles. The molecule has 0 aliphatic heterocycles. The Bertz CT molecular complexity index is 748. The van der Waals surface area contributed by atoms with Crippen LogP contribution in [0.1, 0.15) is 5.56 Å². The van der Waals surface area contributed by atoms with Gasteiger partial charge in [-0.05, 0) is 17.7 Å². The zero-order chi connectivity index (χ0) is 20.8. The normalized spacial score (nSPS) is 13.3. The maximum atomic E-state index is 12.6. The molecule has 0 saturated carbocycles. The van der Waals surface area contributed by atoms with Crippen molar-refractivity contribution >= 4 is 24.0 Å². The summed E-state index contributed by atoms with van der Waals surface area (Å²) in [5.74, 6) is -0.169. The van der Waals surface area contributed by atoms with Crippen LogP contribution >= 0.6 is 0 Å². The number of carbonyl (C=O) groups excluding carboxylic acids is 1. The fourth-order valence-corrected chi connectivity index (χ4v) is 6.59. The molecule has 1 rings (SSSR count). The lowest BCUT2D eigenvalue weighted by atomic mass is 10.0. The van der Waals surface area contributed by atoms with Gasteiger partial charge in [0.15, 0.2) is 0 Å². The van der Waals surface area contributed by atoms with Crippen LogP contribution < -0.4 is 9.46 Å². The summed E-state index contributed by atoms with van der Waals surface area (Å²) in [4.78, 5) is 17.5. The van der Waals surface area contributed by atoms with E-state index in [1.807, 2.05) is 0 Å². The Kier molecular flexibility index (Phi) is 8.27. The number of phenols is 1. The number of carbonyl (C=O) groups is 1. The Morgan fingerprint density at radius 3 is 2.44 bits per heavy atom. The number of hydroxylamine groups is 2. The van der Waals surface area contributed by atoms with E-state index in [0.29, 0.717) is 17.4 Å². The molecule has 0 saturated heterocycles. The quantitative estimate of drug-likeness (QED) is 0.442. The van der Waals surface area contributed by atoms with Crippen molar-refractivity contribution in [3.8, 4) is 11.5 Å². The number of nitrogens with zero attached hydrogens (tertiary/aromatic N) is 1. The molecule has 1 aromatic rings. The van der Waals surface area contributed by atoms with Crippen LogP contribution in [0.2, 0.25) is 25.7 Å². The molecule has 1 amide bonds. The molecule has 1 aromatic carbocycles. The SMILES string of the molecule is COc1cc(O)ccc1CC(NS(=O)(=O)CC[Si](C)(C)C)C(=O)N(C)OC. The number of rotatable bonds is 10. The lowest BCUT2D eigenvalue weighted by molar-refractivity contribution is -0.170. The number of hydrogen-bond donors (Lipinski definition) is 2. The van der Waals surface area contributed by atoms with Gasteiger partial charge in [0.25, 0.3) is 5.91 Å². The Morgan fingerprint density at radius 2 is 1.93 bits per heavy atom. The van der Waals surface area contributed by atoms with Gasteiger partial charge in [-0.25, -0.2) is 18.2 Å². The average Bonchev–Trinajstić information content (AvgIpc) is 2.58. The molecule has 0 heterocycles. The summed E-state index contributed by atoms with van der Waals surface area (Å²) in [7, 11) is -1.03. The van der Waals surface area contributed by atoms with Gasteiger partial charge < -0.3 is 9.84 Å². The number of ether oxygens (including phenoxy) is 1. The van der Waals surface area contributed by atoms with Gasteiger partial charge in [0.1, 0.15) is 17.5 Å². The van der Waals surface area contributed by atoms with E-state index in [1.54, 1.807) is 6.07 Å². The first-order valence-corrected chi connectivity index (χ1v) is 13.9. The predicted molar refractivity (Wildman–Crippen MR) is 107 cm³/mol. The maximum Gasteiger partial charge on any atom is 0.264 e. The predicted octanol–water partition coefficient (Wildman–Crippen LogP) is 1.59. The molecule has 10 heteroatoms. The molecule has 154 valence electrons. The summed E-state index contributed by atoms with van der Waals surface area (Å²) in [6.45, 7) is 6.27. The van der Waals surface area contributed by atoms with Gasteiger partial charge in [0, 0.05) is 27.6 Å². The molecule has 0 aliphatic rings. The van der Waals surface area contributed by atoms with E-state index in [2.05, 4.69) is 24.4 Å². The molecular formula is C17H30N2O6SSi. The van der Waals surface area contributed by atoms with Gasteiger partial charge in [-0.1, -0.05) is 25.7 Å². The number of amides is 1. The van der Waals surface area contributed by atoms with Crippen LogP contribution in [0.25, 0.3) is 0 Å². The monoisotopic (exact) mass is 418 g/mol. The number of sulfonamides is 1. The molecule has 1 atom stereocenters. The Morgan fingerprint density at radius 1 is 1.30 bits per heavy atom. The summed E-state index contributed by atoms with van der Waals surface area (Å²) < 4.78 is 32.8. The molecule has 2 N–H and O–H groups in total. The lowest BCUT2D eigenvalue weighted by Gasteiger charge is -2.24. The summed E-state index contributed by atoms with van der Waals surface area (Å²) in [5, 5.41) is 10.6. The molecule has 0 aliphatic carbocycles. The fraction of sp³-hybridized carbons (Fsp3) is 0.588. The summed E-state index contributed by atoms with van der Waals surface area (Å²) >= 11 is 0. The highest BCUT2D eigenvalue weighted by molar-refractivity contribution is 7.89. The van der Waals surface area contributed by atoms with Crippen LogP contribution in [0.3, 0.4) is 0 Å². The molecule has 0 spiro atoms. The van der Waals surface area contributed by atoms with E-state index in [1.165, 1.54) is 33.4 Å². The van der Waals surface area contributed by atoms with Crippen molar-refractivity contribution in [2.75, 3.05) is 27.0 Å². The number of aromatic hydroxyl groups is 1. The molecule has 0 bridgehead atoms. The molecule has 0 fully saturated rings. The van der Waals surface area contributed by atoms with Gasteiger partial charge in [-0.2, -0.15) is 0 Å². The third-order valence-electron chi connectivity index (χ3n) is 4.02. The molecule has 27 heavy (non-hydrogen) atoms. The van der Waals surface area contributed by atoms with Crippen molar-refractivity contribution in [3.05, 3.63) is 23.8 Å². The van der Waals surface area contributed by atoms with Gasteiger partial charge >= 0.3 is 0 Å². The van der Waals surface area contributed by atoms with Crippen molar-refractivity contribution in [1.29, 1.82) is 0 Å². The summed E-state index contributed by atoms with van der Waals surface area (Å²) in [5.41, 5.74) is 0.589. The van der Waals surface area contributed by atoms with Crippen molar-refractivity contribution in [3.63, 3.8) is 0 Å². The Balaban J connectivity index is 3.09. The smallest absolute Gasteiger partial charge is 0.264 e. The molecular weight excluding hydrogens is 388 g/mol. The van der Waals surface area contributed by atoms with Gasteiger partial charge in [0.05, 0.1) is 20.0 Å². The standard InChI is InChI=1S/C17H30N2O6SSi/c1-19(25-3)17(21)15(18-26(22,23)9-10-27(4,5)6)11-13-7-8-14(20)12-16(13)24-2/h7-8,12,15,18,20H,9-11H2,1-6H3. The number of phenolic OH excluding ortho intramolecular Hbond substituents is 1. The maximum absolute atomic E-state index is 12.6. The van der Waals surface area contributed by atoms with Crippen molar-refractivity contribution in [2.45, 2.75) is 38.1 Å². The highest BCUT2D eigenvalue weighted by Gasteiger charge is 2.29. The van der Waals surface area contributed by atoms with E-state index < -0.39 is 30.0 Å². The molecule has 8 nitrogen and oxygen atoms in total. The van der Waals surface area contributed by atoms with Crippen LogP contribution in [0.15, 0.2) is 18.2 Å². The zero-order valence-electron chi connectivity index (χ0n) is 16.8. The number of methoxy groups -OCH3 is 1. The second-order valence-corrected chi connectivity index (χ2v) is 15.0. The summed E-state index contributed by atoms with van der Waals surface area (Å²) in [6.07, 6.45) is 0.0577. The van der Waals surface area contributed by atoms with Crippen molar-refractivity contribution in [2.24, 2.45) is 0 Å². The van der Waals surface area contributed by atoms with Gasteiger partial charge in [0.2, 0.25) is 10.0 Å². The highest BCUT2D eigenvalue weighted by Crippen LogP contribution is 2.25. The largest absolute Gasteiger partial charge is 0.508 e. The lowest BCUT2D eigenvalue weighted by Crippen LogP contribution is -2.49. The molecule has 0 radical (unpaired) electrons. The third-order valence-corrected chi connectivity index (χ3v) is 7.52. The van der Waals surface area contributed by atoms with Gasteiger partial charge in [-0.3, -0.25) is 9.63 Å². The van der Waals surface area contributed by atoms with E-state index in [4.69, 9.17) is 9.57 Å². The van der Waals surface area contributed by atoms with Crippen LogP contribution in [0, 0.1) is 0 Å². The third kappa shape index (κ3) is 7.87. The number of hydrogen-bond acceptors (Lipinski definition) is 6. The van der Waals surface area contributed by atoms with Crippen molar-refractivity contribution in [1.82, 2.24) is 9.79 Å². The van der Waals surface area contributed by atoms with E-state index in [9.17, 15) is 18.3 Å². The van der Waals surface area contributed by atoms with E-state index >= 15 is 0 Å². The first-order chi connectivity index (χ1) is 12.4. The van der Waals surface area contributed by atoms with E-state index in [-0.39, 0.29) is 17.9 Å². The average molecular weight is 419 g/mol. The number of benzene rings is 1. The second kappa shape index (κ2) is 9.54.